The molecule has 2 aliphatic heterocycles. The van der Waals surface area contributed by atoms with Crippen LogP contribution in [-0.4, -0.2) is 65.6 Å². The van der Waals surface area contributed by atoms with Gasteiger partial charge in [-0.05, 0) is 76.1 Å². The van der Waals surface area contributed by atoms with Gasteiger partial charge in [0.05, 0.1) is 6.10 Å². The third kappa shape index (κ3) is 6.02. The first-order chi connectivity index (χ1) is 14.3. The van der Waals surface area contributed by atoms with Crippen molar-refractivity contribution in [1.29, 1.82) is 0 Å². The van der Waals surface area contributed by atoms with E-state index in [0.29, 0.717) is 12.3 Å². The number of pyridine rings is 1. The molecule has 5 heteroatoms. The molecule has 1 aromatic rings. The van der Waals surface area contributed by atoms with Gasteiger partial charge in [0.15, 0.2) is 0 Å². The predicted octanol–water partition coefficient (Wildman–Crippen LogP) is 3.68. The Kier molecular flexibility index (Phi) is 7.55. The van der Waals surface area contributed by atoms with Gasteiger partial charge < -0.3 is 14.5 Å². The van der Waals surface area contributed by atoms with E-state index in [1.54, 1.807) is 0 Å². The molecule has 1 amide bonds. The molecule has 0 radical (unpaired) electrons. The Morgan fingerprint density at radius 3 is 2.59 bits per heavy atom. The van der Waals surface area contributed by atoms with Crippen molar-refractivity contribution in [2.45, 2.75) is 76.4 Å². The Hall–Kier alpha value is -1.46. The van der Waals surface area contributed by atoms with Crippen LogP contribution >= 0.6 is 0 Å². The number of hydrogen-bond donors (Lipinski definition) is 0. The fourth-order valence-electron chi connectivity index (χ4n) is 5.33. The zero-order valence-electron chi connectivity index (χ0n) is 17.8. The fraction of sp³-hybridized carbons (Fsp3) is 0.750. The molecule has 0 N–H and O–H groups in total. The van der Waals surface area contributed by atoms with Gasteiger partial charge in [-0.25, -0.2) is 0 Å². The monoisotopic (exact) mass is 399 g/mol. The predicted molar refractivity (Wildman–Crippen MR) is 115 cm³/mol. The van der Waals surface area contributed by atoms with E-state index in [2.05, 4.69) is 14.8 Å². The van der Waals surface area contributed by atoms with Gasteiger partial charge in [-0.1, -0.05) is 18.9 Å². The van der Waals surface area contributed by atoms with Crippen molar-refractivity contribution in [2.24, 2.45) is 5.92 Å². The van der Waals surface area contributed by atoms with Crippen molar-refractivity contribution in [3.05, 3.63) is 30.1 Å². The van der Waals surface area contributed by atoms with E-state index in [9.17, 15) is 4.79 Å². The topological polar surface area (TPSA) is 45.7 Å². The maximum Gasteiger partial charge on any atom is 0.223 e. The average molecular weight is 400 g/mol. The molecule has 5 nitrogen and oxygen atoms in total. The summed E-state index contributed by atoms with van der Waals surface area (Å²) in [6, 6.07) is 6.76. The molecule has 3 aliphatic rings. The first-order valence-electron chi connectivity index (χ1n) is 11.8. The Labute approximate surface area is 175 Å². The van der Waals surface area contributed by atoms with Crippen molar-refractivity contribution >= 4 is 5.91 Å². The third-order valence-corrected chi connectivity index (χ3v) is 7.09. The zero-order chi connectivity index (χ0) is 19.9. The molecule has 160 valence electrons. The summed E-state index contributed by atoms with van der Waals surface area (Å²) in [5.41, 5.74) is 1.00. The standard InChI is InChI=1S/C24H37N3O2/c28-24(11-10-21-6-3-4-14-25-21)27(19-23-9-5-17-29-23)18-20-12-15-26(16-13-20)22-7-1-2-8-22/h3-4,6,14,20,22-23H,1-2,5,7-13,15-19H2/t23-/m0/s1. The minimum absolute atomic E-state index is 0.229. The van der Waals surface area contributed by atoms with E-state index in [4.69, 9.17) is 4.74 Å². The molecule has 1 atom stereocenters. The van der Waals surface area contributed by atoms with Crippen LogP contribution in [0.2, 0.25) is 0 Å². The molecule has 1 aliphatic carbocycles. The fourth-order valence-corrected chi connectivity index (χ4v) is 5.33. The number of rotatable bonds is 8. The summed E-state index contributed by atoms with van der Waals surface area (Å²) in [5, 5.41) is 0. The molecule has 1 saturated carbocycles. The summed E-state index contributed by atoms with van der Waals surface area (Å²) in [6.45, 7) is 4.94. The first-order valence-corrected chi connectivity index (χ1v) is 11.8. The van der Waals surface area contributed by atoms with Gasteiger partial charge >= 0.3 is 0 Å². The summed E-state index contributed by atoms with van der Waals surface area (Å²) >= 11 is 0. The van der Waals surface area contributed by atoms with E-state index >= 15 is 0 Å². The van der Waals surface area contributed by atoms with Crippen molar-refractivity contribution in [2.75, 3.05) is 32.8 Å². The van der Waals surface area contributed by atoms with Crippen LogP contribution in [0.5, 0.6) is 0 Å². The molecule has 0 aromatic carbocycles. The number of amides is 1. The van der Waals surface area contributed by atoms with Crippen LogP contribution < -0.4 is 0 Å². The second-order valence-electron chi connectivity index (χ2n) is 9.17. The van der Waals surface area contributed by atoms with Gasteiger partial charge in [-0.15, -0.1) is 0 Å². The summed E-state index contributed by atoms with van der Waals surface area (Å²) < 4.78 is 5.86. The number of piperidine rings is 1. The van der Waals surface area contributed by atoms with E-state index < -0.39 is 0 Å². The lowest BCUT2D eigenvalue weighted by molar-refractivity contribution is -0.133. The smallest absolute Gasteiger partial charge is 0.223 e. The second kappa shape index (κ2) is 10.5. The van der Waals surface area contributed by atoms with Gasteiger partial charge in [0.25, 0.3) is 0 Å². The van der Waals surface area contributed by atoms with Crippen LogP contribution in [0.15, 0.2) is 24.4 Å². The summed E-state index contributed by atoms with van der Waals surface area (Å²) in [7, 11) is 0. The van der Waals surface area contributed by atoms with Gasteiger partial charge in [-0.2, -0.15) is 0 Å². The molecule has 3 fully saturated rings. The molecule has 3 heterocycles. The summed E-state index contributed by atoms with van der Waals surface area (Å²) in [6.07, 6.45) is 13.6. The summed E-state index contributed by atoms with van der Waals surface area (Å²) in [4.78, 5) is 22.3. The molecular formula is C24H37N3O2. The number of aromatic nitrogens is 1. The van der Waals surface area contributed by atoms with Crippen LogP contribution in [0.25, 0.3) is 0 Å². The van der Waals surface area contributed by atoms with Crippen molar-refractivity contribution < 1.29 is 9.53 Å². The highest BCUT2D eigenvalue weighted by Gasteiger charge is 2.30. The van der Waals surface area contributed by atoms with Gasteiger partial charge in [0.1, 0.15) is 0 Å². The minimum Gasteiger partial charge on any atom is -0.376 e. The molecule has 0 unspecified atom stereocenters. The third-order valence-electron chi connectivity index (χ3n) is 7.09. The Morgan fingerprint density at radius 2 is 1.90 bits per heavy atom. The maximum atomic E-state index is 13.1. The molecule has 0 spiro atoms. The van der Waals surface area contributed by atoms with Crippen LogP contribution in [-0.2, 0) is 16.0 Å². The summed E-state index contributed by atoms with van der Waals surface area (Å²) in [5.74, 6) is 0.900. The molecule has 1 aromatic heterocycles. The van der Waals surface area contributed by atoms with Crippen LogP contribution in [0.1, 0.15) is 63.5 Å². The van der Waals surface area contributed by atoms with Crippen LogP contribution in [0.4, 0.5) is 0 Å². The lowest BCUT2D eigenvalue weighted by Gasteiger charge is -2.38. The molecule has 29 heavy (non-hydrogen) atoms. The van der Waals surface area contributed by atoms with Gasteiger partial charge in [0, 0.05) is 44.0 Å². The number of carbonyl (C=O) groups excluding carboxylic acids is 1. The Balaban J connectivity index is 1.29. The van der Waals surface area contributed by atoms with E-state index in [1.807, 2.05) is 24.4 Å². The molecule has 4 rings (SSSR count). The lowest BCUT2D eigenvalue weighted by Crippen LogP contribution is -2.45. The van der Waals surface area contributed by atoms with Crippen LogP contribution in [0.3, 0.4) is 0 Å². The SMILES string of the molecule is O=C(CCc1ccccn1)N(CC1CCN(C2CCCC2)CC1)C[C@@H]1CCCO1. The Bertz CT molecular complexity index is 618. The minimum atomic E-state index is 0.229. The largest absolute Gasteiger partial charge is 0.376 e. The van der Waals surface area contributed by atoms with Gasteiger partial charge in [-0.3, -0.25) is 9.78 Å². The lowest BCUT2D eigenvalue weighted by atomic mass is 9.94. The van der Waals surface area contributed by atoms with E-state index in [-0.39, 0.29) is 12.0 Å². The number of hydrogen-bond acceptors (Lipinski definition) is 4. The highest BCUT2D eigenvalue weighted by atomic mass is 16.5. The van der Waals surface area contributed by atoms with E-state index in [0.717, 1.165) is 50.7 Å². The van der Waals surface area contributed by atoms with Crippen molar-refractivity contribution in [3.8, 4) is 0 Å². The van der Waals surface area contributed by atoms with Gasteiger partial charge in [0.2, 0.25) is 5.91 Å². The molecule has 0 bridgehead atoms. The highest BCUT2D eigenvalue weighted by molar-refractivity contribution is 5.76. The zero-order valence-corrected chi connectivity index (χ0v) is 17.8. The second-order valence-corrected chi connectivity index (χ2v) is 9.17. The number of aryl methyl sites for hydroxylation is 1. The average Bonchev–Trinajstić information content (AvgIpc) is 3.47. The normalized spacial score (nSPS) is 24.2. The van der Waals surface area contributed by atoms with Crippen molar-refractivity contribution in [3.63, 3.8) is 0 Å². The highest BCUT2D eigenvalue weighted by Crippen LogP contribution is 2.28. The van der Waals surface area contributed by atoms with Crippen molar-refractivity contribution in [1.82, 2.24) is 14.8 Å². The Morgan fingerprint density at radius 1 is 1.07 bits per heavy atom. The van der Waals surface area contributed by atoms with E-state index in [1.165, 1.54) is 51.6 Å². The number of carbonyl (C=O) groups is 1. The molecule has 2 saturated heterocycles. The molecular weight excluding hydrogens is 362 g/mol. The number of nitrogens with zero attached hydrogens (tertiary/aromatic N) is 3. The van der Waals surface area contributed by atoms with Crippen LogP contribution in [0, 0.1) is 5.92 Å². The number of ether oxygens (including phenoxy) is 1. The quantitative estimate of drug-likeness (QED) is 0.669. The first kappa shape index (κ1) is 20.8. The maximum absolute atomic E-state index is 13.1. The number of likely N-dealkylation sites (tertiary alicyclic amines) is 1.